The van der Waals surface area contributed by atoms with E-state index in [1.54, 1.807) is 13.8 Å². The Morgan fingerprint density at radius 1 is 0.769 bits per heavy atom. The summed E-state index contributed by atoms with van der Waals surface area (Å²) >= 11 is 0. The van der Waals surface area contributed by atoms with Gasteiger partial charge in [0, 0.05) is 11.8 Å². The fourth-order valence-corrected chi connectivity index (χ4v) is 4.41. The molecule has 0 heterocycles. The van der Waals surface area contributed by atoms with Gasteiger partial charge in [0.05, 0.1) is 6.04 Å². The van der Waals surface area contributed by atoms with Gasteiger partial charge in [0.2, 0.25) is 11.8 Å². The zero-order chi connectivity index (χ0) is 28.4. The molecule has 3 rings (SSSR count). The van der Waals surface area contributed by atoms with Crippen LogP contribution in [0, 0.1) is 11.8 Å². The van der Waals surface area contributed by atoms with Crippen LogP contribution in [0.4, 0.5) is 4.79 Å². The minimum absolute atomic E-state index is 0.340. The van der Waals surface area contributed by atoms with Crippen molar-refractivity contribution in [2.75, 3.05) is 0 Å². The maximum atomic E-state index is 13.6. The molecule has 206 valence electrons. The predicted molar refractivity (Wildman–Crippen MR) is 152 cm³/mol. The minimum atomic E-state index is -1.00. The SMILES string of the molecule is CCCC(N)C(=O)NNC(=O)N(C(=O)C(C)CCc1ccccc1)C(=O)C(C)Cc1ccc2ccccc2c1. The lowest BCUT2D eigenvalue weighted by atomic mass is 9.96. The van der Waals surface area contributed by atoms with Crippen LogP contribution in [0.3, 0.4) is 0 Å². The number of benzene rings is 3. The fraction of sp³-hybridized carbons (Fsp3) is 0.355. The standard InChI is InChI=1S/C31H38N4O4/c1-4-10-27(32)28(36)33-34-31(39)35(29(37)21(2)15-16-23-11-6-5-7-12-23)30(38)22(3)19-24-17-18-25-13-8-9-14-26(25)20-24/h5-9,11-14,17-18,20-22,27H,4,10,15-16,19,32H2,1-3H3,(H,33,36)(H,34,39). The summed E-state index contributed by atoms with van der Waals surface area (Å²) in [4.78, 5) is 53.0. The first-order valence-electron chi connectivity index (χ1n) is 13.5. The lowest BCUT2D eigenvalue weighted by molar-refractivity contribution is -0.145. The lowest BCUT2D eigenvalue weighted by Crippen LogP contribution is -2.57. The van der Waals surface area contributed by atoms with Crippen molar-refractivity contribution >= 4 is 34.5 Å². The highest BCUT2D eigenvalue weighted by atomic mass is 16.2. The number of nitrogens with two attached hydrogens (primary N) is 1. The van der Waals surface area contributed by atoms with Crippen LogP contribution in [0.5, 0.6) is 0 Å². The minimum Gasteiger partial charge on any atom is -0.320 e. The summed E-state index contributed by atoms with van der Waals surface area (Å²) < 4.78 is 0. The number of hydrazine groups is 1. The molecule has 39 heavy (non-hydrogen) atoms. The molecular weight excluding hydrogens is 492 g/mol. The normalized spacial score (nSPS) is 13.2. The van der Waals surface area contributed by atoms with Crippen molar-refractivity contribution in [3.63, 3.8) is 0 Å². The number of imide groups is 3. The molecule has 0 fully saturated rings. The third-order valence-electron chi connectivity index (χ3n) is 6.78. The molecule has 5 amide bonds. The molecule has 0 aliphatic rings. The first kappa shape index (κ1) is 29.5. The van der Waals surface area contributed by atoms with E-state index in [1.165, 1.54) is 0 Å². The first-order valence-corrected chi connectivity index (χ1v) is 13.5. The van der Waals surface area contributed by atoms with Crippen LogP contribution in [0.15, 0.2) is 72.8 Å². The number of aryl methyl sites for hydroxylation is 1. The predicted octanol–water partition coefficient (Wildman–Crippen LogP) is 4.51. The summed E-state index contributed by atoms with van der Waals surface area (Å²) in [5.41, 5.74) is 12.3. The monoisotopic (exact) mass is 530 g/mol. The highest BCUT2D eigenvalue weighted by Gasteiger charge is 2.35. The summed E-state index contributed by atoms with van der Waals surface area (Å²) in [5.74, 6) is -3.12. The van der Waals surface area contributed by atoms with E-state index in [-0.39, 0.29) is 0 Å². The molecule has 3 atom stereocenters. The van der Waals surface area contributed by atoms with Crippen molar-refractivity contribution in [1.82, 2.24) is 15.8 Å². The Labute approximate surface area is 229 Å². The second kappa shape index (κ2) is 14.2. The number of nitrogens with zero attached hydrogens (tertiary/aromatic N) is 1. The molecule has 8 heteroatoms. The topological polar surface area (TPSA) is 122 Å². The average Bonchev–Trinajstić information content (AvgIpc) is 2.95. The van der Waals surface area contributed by atoms with Gasteiger partial charge in [0.15, 0.2) is 0 Å². The quantitative estimate of drug-likeness (QED) is 0.333. The van der Waals surface area contributed by atoms with Gasteiger partial charge < -0.3 is 5.73 Å². The molecule has 3 aromatic carbocycles. The van der Waals surface area contributed by atoms with Gasteiger partial charge in [-0.25, -0.2) is 10.2 Å². The van der Waals surface area contributed by atoms with E-state index in [9.17, 15) is 19.2 Å². The molecule has 0 saturated carbocycles. The zero-order valence-corrected chi connectivity index (χ0v) is 22.9. The van der Waals surface area contributed by atoms with Crippen LogP contribution in [0.25, 0.3) is 10.8 Å². The van der Waals surface area contributed by atoms with Crippen molar-refractivity contribution in [3.05, 3.63) is 83.9 Å². The van der Waals surface area contributed by atoms with E-state index in [0.717, 1.165) is 21.9 Å². The maximum absolute atomic E-state index is 13.6. The molecule has 0 aliphatic carbocycles. The van der Waals surface area contributed by atoms with E-state index in [2.05, 4.69) is 10.9 Å². The average molecular weight is 531 g/mol. The number of carbonyl (C=O) groups is 4. The Bertz CT molecular complexity index is 1290. The second-order valence-corrected chi connectivity index (χ2v) is 10.0. The van der Waals surface area contributed by atoms with Crippen LogP contribution in [-0.4, -0.2) is 34.7 Å². The van der Waals surface area contributed by atoms with Gasteiger partial charge in [-0.2, -0.15) is 4.90 Å². The molecule has 0 bridgehead atoms. The molecule has 0 aliphatic heterocycles. The molecule has 8 nitrogen and oxygen atoms in total. The number of nitrogens with one attached hydrogen (secondary N) is 2. The zero-order valence-electron chi connectivity index (χ0n) is 22.9. The van der Waals surface area contributed by atoms with Gasteiger partial charge in [-0.1, -0.05) is 100.0 Å². The molecule has 0 aromatic heterocycles. The Balaban J connectivity index is 1.75. The maximum Gasteiger partial charge on any atom is 0.349 e. The van der Waals surface area contributed by atoms with E-state index in [4.69, 9.17) is 5.73 Å². The Kier molecular flexibility index (Phi) is 10.8. The summed E-state index contributed by atoms with van der Waals surface area (Å²) in [5, 5.41) is 2.13. The highest BCUT2D eigenvalue weighted by Crippen LogP contribution is 2.20. The van der Waals surface area contributed by atoms with E-state index < -0.39 is 41.6 Å². The molecular formula is C31H38N4O4. The van der Waals surface area contributed by atoms with Crippen LogP contribution < -0.4 is 16.6 Å². The number of carbonyl (C=O) groups excluding carboxylic acids is 4. The number of urea groups is 1. The third-order valence-corrected chi connectivity index (χ3v) is 6.78. The number of amides is 5. The Hall–Kier alpha value is -4.04. The Morgan fingerprint density at radius 3 is 2.10 bits per heavy atom. The van der Waals surface area contributed by atoms with Crippen molar-refractivity contribution in [3.8, 4) is 0 Å². The van der Waals surface area contributed by atoms with Crippen molar-refractivity contribution in [2.45, 2.75) is 58.9 Å². The van der Waals surface area contributed by atoms with E-state index >= 15 is 0 Å². The molecule has 0 spiro atoms. The fourth-order valence-electron chi connectivity index (χ4n) is 4.41. The summed E-state index contributed by atoms with van der Waals surface area (Å²) in [7, 11) is 0. The van der Waals surface area contributed by atoms with Crippen LogP contribution in [0.2, 0.25) is 0 Å². The van der Waals surface area contributed by atoms with Crippen molar-refractivity contribution < 1.29 is 19.2 Å². The van der Waals surface area contributed by atoms with Gasteiger partial charge in [0.25, 0.3) is 5.91 Å². The Morgan fingerprint density at radius 2 is 1.41 bits per heavy atom. The molecule has 3 unspecified atom stereocenters. The number of rotatable bonds is 10. The van der Waals surface area contributed by atoms with Crippen molar-refractivity contribution in [2.24, 2.45) is 17.6 Å². The van der Waals surface area contributed by atoms with E-state index in [0.29, 0.717) is 37.0 Å². The van der Waals surface area contributed by atoms with Gasteiger partial charge in [-0.3, -0.25) is 19.8 Å². The third kappa shape index (κ3) is 8.22. The number of fused-ring (bicyclic) bond motifs is 1. The molecule has 4 N–H and O–H groups in total. The first-order chi connectivity index (χ1) is 18.7. The van der Waals surface area contributed by atoms with Crippen LogP contribution in [0.1, 0.15) is 51.2 Å². The molecule has 3 aromatic rings. The van der Waals surface area contributed by atoms with Gasteiger partial charge in [-0.15, -0.1) is 0 Å². The molecule has 0 saturated heterocycles. The van der Waals surface area contributed by atoms with Gasteiger partial charge in [0.1, 0.15) is 0 Å². The van der Waals surface area contributed by atoms with Gasteiger partial charge in [-0.05, 0) is 47.6 Å². The van der Waals surface area contributed by atoms with Gasteiger partial charge >= 0.3 is 6.03 Å². The van der Waals surface area contributed by atoms with E-state index in [1.807, 2.05) is 79.7 Å². The molecule has 0 radical (unpaired) electrons. The smallest absolute Gasteiger partial charge is 0.320 e. The second-order valence-electron chi connectivity index (χ2n) is 10.0. The summed E-state index contributed by atoms with van der Waals surface area (Å²) in [6, 6.07) is 21.7. The van der Waals surface area contributed by atoms with Crippen molar-refractivity contribution in [1.29, 1.82) is 0 Å². The highest BCUT2D eigenvalue weighted by molar-refractivity contribution is 6.11. The van der Waals surface area contributed by atoms with Crippen LogP contribution in [-0.2, 0) is 27.2 Å². The summed E-state index contributed by atoms with van der Waals surface area (Å²) in [6.07, 6.45) is 2.53. The summed E-state index contributed by atoms with van der Waals surface area (Å²) in [6.45, 7) is 5.27. The largest absolute Gasteiger partial charge is 0.349 e. The number of hydrogen-bond donors (Lipinski definition) is 3. The number of hydrogen-bond acceptors (Lipinski definition) is 5. The van der Waals surface area contributed by atoms with Crippen LogP contribution >= 0.6 is 0 Å². The lowest BCUT2D eigenvalue weighted by Gasteiger charge is -2.26.